The van der Waals surface area contributed by atoms with Crippen molar-refractivity contribution >= 4 is 5.97 Å². The van der Waals surface area contributed by atoms with Crippen molar-refractivity contribution in [2.45, 2.75) is 13.0 Å². The Kier molecular flexibility index (Phi) is 2.88. The zero-order chi connectivity index (χ0) is 6.57. The summed E-state index contributed by atoms with van der Waals surface area (Å²) >= 11 is 0. The van der Waals surface area contributed by atoms with Gasteiger partial charge in [-0.2, -0.15) is 0 Å². The molecule has 0 amide bonds. The Morgan fingerprint density at radius 1 is 1.88 bits per heavy atom. The molecule has 0 saturated heterocycles. The lowest BCUT2D eigenvalue weighted by atomic mass is 10.4. The Labute approximate surface area is 47.3 Å². The summed E-state index contributed by atoms with van der Waals surface area (Å²) in [5, 5.41) is 18.0. The van der Waals surface area contributed by atoms with Gasteiger partial charge in [0.15, 0.2) is 0 Å². The van der Waals surface area contributed by atoms with Crippen molar-refractivity contribution in [2.75, 3.05) is 0 Å². The molecule has 0 aromatic carbocycles. The van der Waals surface area contributed by atoms with Gasteiger partial charge in [0.05, 0.1) is 12.1 Å². The van der Waals surface area contributed by atoms with Crippen molar-refractivity contribution < 1.29 is 15.0 Å². The van der Waals surface area contributed by atoms with E-state index in [1.807, 2.05) is 0 Å². The fraction of sp³-hybridized carbons (Fsp3) is 0.400. The Hall–Kier alpha value is -0.830. The van der Waals surface area contributed by atoms with Gasteiger partial charge in [0.1, 0.15) is 0 Å². The van der Waals surface area contributed by atoms with Crippen LogP contribution in [0.5, 0.6) is 0 Å². The van der Waals surface area contributed by atoms with Gasteiger partial charge in [0.25, 0.3) is 0 Å². The summed E-state index contributed by atoms with van der Waals surface area (Å²) in [6.07, 6.45) is 1.22. The van der Waals surface area contributed by atoms with Crippen LogP contribution in [0.2, 0.25) is 0 Å². The van der Waals surface area contributed by atoms with E-state index in [0.29, 0.717) is 0 Å². The minimum Gasteiger partial charge on any atom is -0.545 e. The fourth-order valence-electron chi connectivity index (χ4n) is 0.218. The number of aliphatic carboxylic acids is 1. The standard InChI is InChI=1S/C5H8O3/c1-4(6)2-3-5(7)8/h2-4,6H,1H3,(H,7,8)/p-1/b3-2+. The molecule has 1 unspecified atom stereocenters. The van der Waals surface area contributed by atoms with E-state index in [4.69, 9.17) is 5.11 Å². The summed E-state index contributed by atoms with van der Waals surface area (Å²) < 4.78 is 0. The molecule has 0 bridgehead atoms. The molecule has 0 aliphatic carbocycles. The highest BCUT2D eigenvalue weighted by Crippen LogP contribution is 1.79. The van der Waals surface area contributed by atoms with Crippen molar-refractivity contribution in [1.82, 2.24) is 0 Å². The van der Waals surface area contributed by atoms with Gasteiger partial charge >= 0.3 is 0 Å². The number of aliphatic hydroxyl groups is 1. The highest BCUT2D eigenvalue weighted by atomic mass is 16.4. The van der Waals surface area contributed by atoms with Crippen molar-refractivity contribution in [3.05, 3.63) is 12.2 Å². The smallest absolute Gasteiger partial charge is 0.0696 e. The molecule has 0 aromatic heterocycles. The maximum absolute atomic E-state index is 9.59. The second-order valence-electron chi connectivity index (χ2n) is 1.42. The molecular weight excluding hydrogens is 108 g/mol. The third-order valence-electron chi connectivity index (χ3n) is 0.511. The zero-order valence-electron chi connectivity index (χ0n) is 4.50. The summed E-state index contributed by atoms with van der Waals surface area (Å²) in [6, 6.07) is 0. The molecular formula is C5H7O3-. The van der Waals surface area contributed by atoms with E-state index in [9.17, 15) is 9.90 Å². The number of carbonyl (C=O) groups is 1. The van der Waals surface area contributed by atoms with Crippen LogP contribution in [0.25, 0.3) is 0 Å². The lowest BCUT2D eigenvalue weighted by Crippen LogP contribution is -2.19. The third kappa shape index (κ3) is 5.17. The molecule has 0 aliphatic rings. The molecule has 3 nitrogen and oxygen atoms in total. The van der Waals surface area contributed by atoms with E-state index >= 15 is 0 Å². The Morgan fingerprint density at radius 2 is 2.38 bits per heavy atom. The van der Waals surface area contributed by atoms with Crippen molar-refractivity contribution in [3.8, 4) is 0 Å². The number of aliphatic hydroxyl groups excluding tert-OH is 1. The number of hydrogen-bond donors (Lipinski definition) is 1. The largest absolute Gasteiger partial charge is 0.545 e. The first kappa shape index (κ1) is 7.17. The molecule has 0 fully saturated rings. The summed E-state index contributed by atoms with van der Waals surface area (Å²) in [5.41, 5.74) is 0. The van der Waals surface area contributed by atoms with Crippen LogP contribution in [-0.2, 0) is 4.79 Å². The molecule has 0 spiro atoms. The van der Waals surface area contributed by atoms with E-state index < -0.39 is 12.1 Å². The van der Waals surface area contributed by atoms with E-state index in [0.717, 1.165) is 12.2 Å². The van der Waals surface area contributed by atoms with Gasteiger partial charge in [-0.3, -0.25) is 0 Å². The van der Waals surface area contributed by atoms with E-state index in [-0.39, 0.29) is 0 Å². The Balaban J connectivity index is 3.50. The van der Waals surface area contributed by atoms with Crippen LogP contribution in [-0.4, -0.2) is 17.2 Å². The van der Waals surface area contributed by atoms with Crippen LogP contribution in [0.3, 0.4) is 0 Å². The maximum atomic E-state index is 9.59. The lowest BCUT2D eigenvalue weighted by molar-refractivity contribution is -0.297. The fourth-order valence-corrected chi connectivity index (χ4v) is 0.218. The second-order valence-corrected chi connectivity index (χ2v) is 1.42. The Morgan fingerprint density at radius 3 is 2.50 bits per heavy atom. The minimum atomic E-state index is -1.29. The molecule has 0 saturated carbocycles. The summed E-state index contributed by atoms with van der Waals surface area (Å²) in [5.74, 6) is -1.29. The van der Waals surface area contributed by atoms with Crippen LogP contribution < -0.4 is 5.11 Å². The highest BCUT2D eigenvalue weighted by Gasteiger charge is 1.81. The number of hydrogen-bond acceptors (Lipinski definition) is 3. The lowest BCUT2D eigenvalue weighted by Gasteiger charge is -1.92. The molecule has 0 aliphatic heterocycles. The Bertz CT molecular complexity index is 104. The van der Waals surface area contributed by atoms with E-state index in [2.05, 4.69) is 0 Å². The predicted molar refractivity (Wildman–Crippen MR) is 25.8 cm³/mol. The first-order valence-electron chi connectivity index (χ1n) is 2.20. The number of carboxylic acids is 1. The van der Waals surface area contributed by atoms with Gasteiger partial charge in [0, 0.05) is 0 Å². The average Bonchev–Trinajstić information content (AvgIpc) is 1.61. The summed E-state index contributed by atoms with van der Waals surface area (Å²) in [7, 11) is 0. The normalized spacial score (nSPS) is 14.2. The number of carbonyl (C=O) groups excluding carboxylic acids is 1. The van der Waals surface area contributed by atoms with E-state index in [1.165, 1.54) is 6.92 Å². The first-order chi connectivity index (χ1) is 3.63. The molecule has 8 heavy (non-hydrogen) atoms. The average molecular weight is 115 g/mol. The molecule has 1 atom stereocenters. The van der Waals surface area contributed by atoms with Crippen LogP contribution in [0, 0.1) is 0 Å². The molecule has 0 radical (unpaired) electrons. The minimum absolute atomic E-state index is 0.715. The molecule has 0 aromatic rings. The summed E-state index contributed by atoms with van der Waals surface area (Å²) in [6.45, 7) is 1.46. The molecule has 0 heterocycles. The first-order valence-corrected chi connectivity index (χ1v) is 2.20. The van der Waals surface area contributed by atoms with Gasteiger partial charge in [-0.15, -0.1) is 0 Å². The highest BCUT2D eigenvalue weighted by molar-refractivity contribution is 5.77. The van der Waals surface area contributed by atoms with Crippen LogP contribution >= 0.6 is 0 Å². The van der Waals surface area contributed by atoms with Crippen molar-refractivity contribution in [3.63, 3.8) is 0 Å². The van der Waals surface area contributed by atoms with Crippen molar-refractivity contribution in [1.29, 1.82) is 0 Å². The zero-order valence-corrected chi connectivity index (χ0v) is 4.50. The molecule has 0 rings (SSSR count). The van der Waals surface area contributed by atoms with E-state index in [1.54, 1.807) is 0 Å². The topological polar surface area (TPSA) is 60.4 Å². The predicted octanol–water partition coefficient (Wildman–Crippen LogP) is -1.33. The summed E-state index contributed by atoms with van der Waals surface area (Å²) in [4.78, 5) is 9.59. The van der Waals surface area contributed by atoms with Gasteiger partial charge in [-0.1, -0.05) is 6.08 Å². The maximum Gasteiger partial charge on any atom is 0.0696 e. The van der Waals surface area contributed by atoms with Gasteiger partial charge in [-0.05, 0) is 13.0 Å². The quantitative estimate of drug-likeness (QED) is 0.454. The number of rotatable bonds is 2. The molecule has 1 N–H and O–H groups in total. The van der Waals surface area contributed by atoms with Crippen LogP contribution in [0.15, 0.2) is 12.2 Å². The third-order valence-corrected chi connectivity index (χ3v) is 0.511. The van der Waals surface area contributed by atoms with Crippen LogP contribution in [0.4, 0.5) is 0 Å². The van der Waals surface area contributed by atoms with Crippen molar-refractivity contribution in [2.24, 2.45) is 0 Å². The van der Waals surface area contributed by atoms with Gasteiger partial charge < -0.3 is 15.0 Å². The molecule has 46 valence electrons. The second kappa shape index (κ2) is 3.21. The van der Waals surface area contributed by atoms with Gasteiger partial charge in [0.2, 0.25) is 0 Å². The van der Waals surface area contributed by atoms with Crippen LogP contribution in [0.1, 0.15) is 6.92 Å². The number of carboxylic acid groups (broad SMARTS) is 1. The SMILES string of the molecule is CC(O)/C=C/C(=O)[O-]. The van der Waals surface area contributed by atoms with Gasteiger partial charge in [-0.25, -0.2) is 0 Å². The molecule has 3 heteroatoms. The monoisotopic (exact) mass is 115 g/mol.